The lowest BCUT2D eigenvalue weighted by Crippen LogP contribution is -2.28. The van der Waals surface area contributed by atoms with E-state index in [0.29, 0.717) is 4.09 Å². The van der Waals surface area contributed by atoms with Gasteiger partial charge in [-0.15, -0.1) is 9.19 Å². The van der Waals surface area contributed by atoms with Crippen molar-refractivity contribution < 1.29 is 17.9 Å². The minimum Gasteiger partial charge on any atom is -0.468 e. The Bertz CT molecular complexity index is 768. The predicted molar refractivity (Wildman–Crippen MR) is 77.6 cm³/mol. The van der Waals surface area contributed by atoms with E-state index in [0.717, 1.165) is 5.56 Å². The predicted octanol–water partition coefficient (Wildman–Crippen LogP) is 0.0388. The molecule has 2 N–H and O–H groups in total. The van der Waals surface area contributed by atoms with Gasteiger partial charge in [-0.2, -0.15) is 8.42 Å². The van der Waals surface area contributed by atoms with Crippen LogP contribution in [0.15, 0.2) is 35.4 Å². The minimum atomic E-state index is -3.96. The Morgan fingerprint density at radius 3 is 2.55 bits per heavy atom. The number of esters is 1. The number of aromatic nitrogens is 3. The van der Waals surface area contributed by atoms with Crippen molar-refractivity contribution in [3.05, 3.63) is 41.7 Å². The summed E-state index contributed by atoms with van der Waals surface area (Å²) in [4.78, 5) is 11.8. The molecule has 1 heterocycles. The van der Waals surface area contributed by atoms with Crippen LogP contribution in [0.1, 0.15) is 17.2 Å². The molecule has 0 aliphatic carbocycles. The molecule has 0 aliphatic heterocycles. The Labute approximate surface area is 127 Å². The van der Waals surface area contributed by atoms with E-state index in [9.17, 15) is 13.2 Å². The van der Waals surface area contributed by atoms with Gasteiger partial charge < -0.3 is 10.5 Å². The highest BCUT2D eigenvalue weighted by atomic mass is 32.2. The summed E-state index contributed by atoms with van der Waals surface area (Å²) in [6, 6.07) is 6.27. The van der Waals surface area contributed by atoms with Gasteiger partial charge in [0.25, 0.3) is 10.0 Å². The number of rotatable bonds is 5. The first-order valence-corrected chi connectivity index (χ1v) is 7.86. The molecule has 9 heteroatoms. The Morgan fingerprint density at radius 2 is 2.00 bits per heavy atom. The fourth-order valence-electron chi connectivity index (χ4n) is 1.93. The maximum absolute atomic E-state index is 12.6. The standard InChI is InChI=1S/C13H16N4O4S/c1-9-3-5-10(6-4-9)22(19,20)17-12(8-15-16-17)11(7-14)13(18)21-2/h3-6,8,11H,7,14H2,1-2H3/t11-/m1/s1. The van der Waals surface area contributed by atoms with Crippen LogP contribution < -0.4 is 5.73 Å². The molecule has 1 atom stereocenters. The highest BCUT2D eigenvalue weighted by molar-refractivity contribution is 7.89. The second-order valence-electron chi connectivity index (χ2n) is 4.63. The van der Waals surface area contributed by atoms with Crippen LogP contribution in [0.25, 0.3) is 0 Å². The molecule has 0 amide bonds. The van der Waals surface area contributed by atoms with Crippen molar-refractivity contribution in [2.24, 2.45) is 5.73 Å². The third kappa shape index (κ3) is 2.85. The second kappa shape index (κ2) is 6.24. The first kappa shape index (κ1) is 16.1. The molecule has 0 saturated heterocycles. The average Bonchev–Trinajstić information content (AvgIpc) is 2.98. The number of nitrogens with zero attached hydrogens (tertiary/aromatic N) is 3. The van der Waals surface area contributed by atoms with E-state index in [1.165, 1.54) is 25.4 Å². The van der Waals surface area contributed by atoms with Crippen molar-refractivity contribution in [1.29, 1.82) is 0 Å². The number of hydrogen-bond acceptors (Lipinski definition) is 7. The fraction of sp³-hybridized carbons (Fsp3) is 0.308. The van der Waals surface area contributed by atoms with Crippen molar-refractivity contribution >= 4 is 16.0 Å². The quantitative estimate of drug-likeness (QED) is 0.771. The SMILES string of the molecule is COC(=O)[C@H](CN)c1cnnn1S(=O)(=O)c1ccc(C)cc1. The summed E-state index contributed by atoms with van der Waals surface area (Å²) in [5, 5.41) is 7.18. The molecule has 2 rings (SSSR count). The molecule has 22 heavy (non-hydrogen) atoms. The van der Waals surface area contributed by atoms with E-state index in [4.69, 9.17) is 5.73 Å². The molecule has 2 aromatic rings. The van der Waals surface area contributed by atoms with Crippen molar-refractivity contribution in [1.82, 2.24) is 14.4 Å². The second-order valence-corrected chi connectivity index (χ2v) is 6.40. The number of nitrogens with two attached hydrogens (primary N) is 1. The maximum Gasteiger partial charge on any atom is 0.316 e. The molecule has 0 aliphatic rings. The summed E-state index contributed by atoms with van der Waals surface area (Å²) in [7, 11) is -2.76. The number of aryl methyl sites for hydroxylation is 1. The van der Waals surface area contributed by atoms with Crippen molar-refractivity contribution in [3.8, 4) is 0 Å². The van der Waals surface area contributed by atoms with Crippen molar-refractivity contribution in [3.63, 3.8) is 0 Å². The van der Waals surface area contributed by atoms with Gasteiger partial charge in [0, 0.05) is 6.54 Å². The number of carbonyl (C=O) groups is 1. The monoisotopic (exact) mass is 324 g/mol. The lowest BCUT2D eigenvalue weighted by Gasteiger charge is -2.13. The lowest BCUT2D eigenvalue weighted by atomic mass is 10.1. The van der Waals surface area contributed by atoms with E-state index in [1.54, 1.807) is 12.1 Å². The molecule has 0 fully saturated rings. The van der Waals surface area contributed by atoms with Crippen LogP contribution in [0.3, 0.4) is 0 Å². The lowest BCUT2D eigenvalue weighted by molar-refractivity contribution is -0.142. The van der Waals surface area contributed by atoms with Gasteiger partial charge in [-0.05, 0) is 19.1 Å². The molecule has 0 bridgehead atoms. The van der Waals surface area contributed by atoms with Crippen LogP contribution in [0, 0.1) is 6.92 Å². The molecule has 118 valence electrons. The van der Waals surface area contributed by atoms with Crippen molar-refractivity contribution in [2.75, 3.05) is 13.7 Å². The normalized spacial score (nSPS) is 12.9. The van der Waals surface area contributed by atoms with Gasteiger partial charge in [-0.1, -0.05) is 22.9 Å². The molecule has 0 saturated carbocycles. The smallest absolute Gasteiger partial charge is 0.316 e. The number of ether oxygens (including phenoxy) is 1. The molecule has 1 aromatic carbocycles. The number of carbonyl (C=O) groups excluding carboxylic acids is 1. The highest BCUT2D eigenvalue weighted by Crippen LogP contribution is 2.20. The van der Waals surface area contributed by atoms with Gasteiger partial charge in [0.2, 0.25) is 0 Å². The summed E-state index contributed by atoms with van der Waals surface area (Å²) in [6.45, 7) is 1.72. The van der Waals surface area contributed by atoms with E-state index in [2.05, 4.69) is 15.0 Å². The van der Waals surface area contributed by atoms with Crippen LogP contribution >= 0.6 is 0 Å². The Hall–Kier alpha value is -2.26. The Morgan fingerprint density at radius 1 is 1.36 bits per heavy atom. The summed E-state index contributed by atoms with van der Waals surface area (Å²) in [6.07, 6.45) is 1.19. The summed E-state index contributed by atoms with van der Waals surface area (Å²) in [5.74, 6) is -1.61. The molecule has 0 unspecified atom stereocenters. The van der Waals surface area contributed by atoms with Gasteiger partial charge in [-0.25, -0.2) is 0 Å². The molecular formula is C13H16N4O4S. The molecule has 1 aromatic heterocycles. The minimum absolute atomic E-state index is 0.0467. The third-order valence-corrected chi connectivity index (χ3v) is 4.78. The van der Waals surface area contributed by atoms with Crippen LogP contribution in [-0.4, -0.2) is 42.4 Å². The maximum atomic E-state index is 12.6. The molecule has 0 radical (unpaired) electrons. The zero-order valence-electron chi connectivity index (χ0n) is 12.1. The van der Waals surface area contributed by atoms with Gasteiger partial charge in [0.1, 0.15) is 5.92 Å². The Balaban J connectivity index is 2.52. The first-order chi connectivity index (χ1) is 10.4. The first-order valence-electron chi connectivity index (χ1n) is 6.42. The van der Waals surface area contributed by atoms with Gasteiger partial charge in [0.05, 0.1) is 23.9 Å². The number of benzene rings is 1. The average molecular weight is 324 g/mol. The molecule has 0 spiro atoms. The Kier molecular flexibility index (Phi) is 4.57. The van der Waals surface area contributed by atoms with E-state index < -0.39 is 21.9 Å². The van der Waals surface area contributed by atoms with E-state index in [1.807, 2.05) is 6.92 Å². The zero-order valence-corrected chi connectivity index (χ0v) is 12.9. The van der Waals surface area contributed by atoms with E-state index >= 15 is 0 Å². The zero-order chi connectivity index (χ0) is 16.3. The van der Waals surface area contributed by atoms with Crippen LogP contribution in [0.4, 0.5) is 0 Å². The van der Waals surface area contributed by atoms with Crippen LogP contribution in [-0.2, 0) is 19.6 Å². The number of hydrogen-bond donors (Lipinski definition) is 1. The highest BCUT2D eigenvalue weighted by Gasteiger charge is 2.30. The van der Waals surface area contributed by atoms with Crippen molar-refractivity contribution in [2.45, 2.75) is 17.7 Å². The van der Waals surface area contributed by atoms with Gasteiger partial charge in [0.15, 0.2) is 0 Å². The molecule has 8 nitrogen and oxygen atoms in total. The third-order valence-electron chi connectivity index (χ3n) is 3.17. The number of methoxy groups -OCH3 is 1. The topological polar surface area (TPSA) is 117 Å². The fourth-order valence-corrected chi connectivity index (χ4v) is 3.20. The summed E-state index contributed by atoms with van der Waals surface area (Å²) in [5.41, 5.74) is 6.53. The van der Waals surface area contributed by atoms with Crippen LogP contribution in [0.2, 0.25) is 0 Å². The van der Waals surface area contributed by atoms with Crippen LogP contribution in [0.5, 0.6) is 0 Å². The molecular weight excluding hydrogens is 308 g/mol. The largest absolute Gasteiger partial charge is 0.468 e. The summed E-state index contributed by atoms with van der Waals surface area (Å²) < 4.78 is 30.6. The summed E-state index contributed by atoms with van der Waals surface area (Å²) >= 11 is 0. The van der Waals surface area contributed by atoms with Gasteiger partial charge >= 0.3 is 5.97 Å². The van der Waals surface area contributed by atoms with E-state index in [-0.39, 0.29) is 17.1 Å². The van der Waals surface area contributed by atoms with Gasteiger partial charge in [-0.3, -0.25) is 4.79 Å².